The number of amides is 1. The summed E-state index contributed by atoms with van der Waals surface area (Å²) in [7, 11) is 0. The van der Waals surface area contributed by atoms with Crippen molar-refractivity contribution < 1.29 is 9.53 Å². The van der Waals surface area contributed by atoms with Gasteiger partial charge in [0.15, 0.2) is 0 Å². The molecular weight excluding hydrogens is 272 g/mol. The summed E-state index contributed by atoms with van der Waals surface area (Å²) in [5, 5.41) is 3.60. The Kier molecular flexibility index (Phi) is 5.12. The Morgan fingerprint density at radius 2 is 2.10 bits per heavy atom. The van der Waals surface area contributed by atoms with Crippen molar-refractivity contribution in [1.82, 2.24) is 10.3 Å². The second-order valence-corrected chi connectivity index (χ2v) is 5.52. The van der Waals surface area contributed by atoms with Gasteiger partial charge >= 0.3 is 6.09 Å². The monoisotopic (exact) mass is 290 g/mol. The molecule has 5 heteroatoms. The molecule has 0 atom stereocenters. The van der Waals surface area contributed by atoms with Crippen LogP contribution in [0, 0.1) is 6.92 Å². The topological polar surface area (TPSA) is 51.2 Å². The van der Waals surface area contributed by atoms with E-state index in [1.54, 1.807) is 18.3 Å². The van der Waals surface area contributed by atoms with Crippen LogP contribution in [0.15, 0.2) is 30.3 Å². The molecule has 1 heterocycles. The van der Waals surface area contributed by atoms with Crippen molar-refractivity contribution in [3.05, 3.63) is 51.5 Å². The summed E-state index contributed by atoms with van der Waals surface area (Å²) in [6.07, 6.45) is 0.481. The Morgan fingerprint density at radius 3 is 2.80 bits per heavy atom. The number of benzene rings is 1. The molecule has 20 heavy (non-hydrogen) atoms. The van der Waals surface area contributed by atoms with Gasteiger partial charge in [0.05, 0.1) is 18.8 Å². The van der Waals surface area contributed by atoms with E-state index in [0.717, 1.165) is 17.1 Å². The van der Waals surface area contributed by atoms with Crippen molar-refractivity contribution in [3.63, 3.8) is 0 Å². The zero-order valence-electron chi connectivity index (χ0n) is 11.7. The van der Waals surface area contributed by atoms with E-state index in [0.29, 0.717) is 13.2 Å². The number of thiazole rings is 1. The Labute approximate surface area is 122 Å². The Bertz CT molecular complexity index is 567. The van der Waals surface area contributed by atoms with Crippen molar-refractivity contribution in [2.24, 2.45) is 0 Å². The molecule has 1 N–H and O–H groups in total. The molecule has 0 bridgehead atoms. The number of nitrogens with zero attached hydrogens (tertiary/aromatic N) is 1. The minimum atomic E-state index is -0.398. The Morgan fingerprint density at radius 1 is 1.35 bits per heavy atom. The molecule has 0 saturated carbocycles. The summed E-state index contributed by atoms with van der Waals surface area (Å²) in [5.41, 5.74) is 2.30. The highest BCUT2D eigenvalue weighted by Gasteiger charge is 2.09. The summed E-state index contributed by atoms with van der Waals surface area (Å²) < 4.78 is 4.82. The molecule has 2 aromatic rings. The zero-order valence-corrected chi connectivity index (χ0v) is 12.5. The molecule has 0 fully saturated rings. The first kappa shape index (κ1) is 14.5. The van der Waals surface area contributed by atoms with Crippen LogP contribution < -0.4 is 5.32 Å². The first-order valence-corrected chi connectivity index (χ1v) is 7.40. The van der Waals surface area contributed by atoms with E-state index in [1.165, 1.54) is 10.4 Å². The molecule has 106 valence electrons. The minimum absolute atomic E-state index is 0.377. The predicted molar refractivity (Wildman–Crippen MR) is 80.0 cm³/mol. The molecule has 0 spiro atoms. The maximum atomic E-state index is 11.2. The quantitative estimate of drug-likeness (QED) is 0.919. The number of carbonyl (C=O) groups excluding carboxylic acids is 1. The second-order valence-electron chi connectivity index (χ2n) is 4.35. The molecular formula is C15H18N2O2S. The standard InChI is InChI=1S/C15H18N2O2S/c1-3-19-15(18)16-10-14-17-11(2)13(20-14)9-12-7-5-4-6-8-12/h4-8H,3,9-10H2,1-2H3,(H,16,18). The minimum Gasteiger partial charge on any atom is -0.450 e. The lowest BCUT2D eigenvalue weighted by Gasteiger charge is -2.02. The molecule has 0 radical (unpaired) electrons. The van der Waals surface area contributed by atoms with Gasteiger partial charge in [-0.25, -0.2) is 9.78 Å². The van der Waals surface area contributed by atoms with Crippen molar-refractivity contribution in [1.29, 1.82) is 0 Å². The van der Waals surface area contributed by atoms with Gasteiger partial charge in [-0.05, 0) is 19.4 Å². The van der Waals surface area contributed by atoms with Gasteiger partial charge in [0.25, 0.3) is 0 Å². The number of ether oxygens (including phenoxy) is 1. The van der Waals surface area contributed by atoms with Crippen LogP contribution in [0.1, 0.15) is 28.1 Å². The number of aromatic nitrogens is 1. The van der Waals surface area contributed by atoms with Gasteiger partial charge in [0, 0.05) is 11.3 Å². The number of hydrogen-bond donors (Lipinski definition) is 1. The van der Waals surface area contributed by atoms with E-state index in [9.17, 15) is 4.79 Å². The smallest absolute Gasteiger partial charge is 0.407 e. The number of aryl methyl sites for hydroxylation is 1. The zero-order chi connectivity index (χ0) is 14.4. The fourth-order valence-corrected chi connectivity index (χ4v) is 2.88. The SMILES string of the molecule is CCOC(=O)NCc1nc(C)c(Cc2ccccc2)s1. The summed E-state index contributed by atoms with van der Waals surface area (Å²) >= 11 is 1.63. The molecule has 1 aromatic heterocycles. The fraction of sp³-hybridized carbons (Fsp3) is 0.333. The van der Waals surface area contributed by atoms with Crippen LogP contribution >= 0.6 is 11.3 Å². The number of nitrogens with one attached hydrogen (secondary N) is 1. The molecule has 1 amide bonds. The number of carbonyl (C=O) groups is 1. The third-order valence-corrected chi connectivity index (χ3v) is 3.96. The first-order valence-electron chi connectivity index (χ1n) is 6.58. The molecule has 0 unspecified atom stereocenters. The Balaban J connectivity index is 1.97. The third kappa shape index (κ3) is 4.06. The van der Waals surface area contributed by atoms with Crippen LogP contribution in [0.5, 0.6) is 0 Å². The van der Waals surface area contributed by atoms with Crippen LogP contribution in [-0.2, 0) is 17.7 Å². The molecule has 4 nitrogen and oxygen atoms in total. The van der Waals surface area contributed by atoms with Gasteiger partial charge in [-0.15, -0.1) is 11.3 Å². The average Bonchev–Trinajstić information content (AvgIpc) is 2.79. The highest BCUT2D eigenvalue weighted by molar-refractivity contribution is 7.11. The first-order chi connectivity index (χ1) is 9.69. The maximum absolute atomic E-state index is 11.2. The van der Waals surface area contributed by atoms with E-state index in [4.69, 9.17) is 4.74 Å². The van der Waals surface area contributed by atoms with E-state index < -0.39 is 6.09 Å². The normalized spacial score (nSPS) is 10.3. The number of alkyl carbamates (subject to hydrolysis) is 1. The summed E-state index contributed by atoms with van der Waals surface area (Å²) in [5.74, 6) is 0. The second kappa shape index (κ2) is 7.05. The molecule has 1 aromatic carbocycles. The van der Waals surface area contributed by atoms with Crippen LogP contribution in [-0.4, -0.2) is 17.7 Å². The van der Waals surface area contributed by atoms with Gasteiger partial charge in [0.1, 0.15) is 5.01 Å². The van der Waals surface area contributed by atoms with Gasteiger partial charge in [0.2, 0.25) is 0 Å². The Hall–Kier alpha value is -1.88. The molecule has 0 aliphatic heterocycles. The molecule has 0 aliphatic rings. The van der Waals surface area contributed by atoms with Gasteiger partial charge in [-0.1, -0.05) is 30.3 Å². The summed E-state index contributed by atoms with van der Waals surface area (Å²) in [4.78, 5) is 17.0. The third-order valence-electron chi connectivity index (χ3n) is 2.80. The molecule has 0 aliphatic carbocycles. The van der Waals surface area contributed by atoms with Crippen LogP contribution in [0.4, 0.5) is 4.79 Å². The van der Waals surface area contributed by atoms with Gasteiger partial charge < -0.3 is 10.1 Å². The van der Waals surface area contributed by atoms with Gasteiger partial charge in [-0.3, -0.25) is 0 Å². The fourth-order valence-electron chi connectivity index (χ4n) is 1.84. The largest absolute Gasteiger partial charge is 0.450 e. The highest BCUT2D eigenvalue weighted by atomic mass is 32.1. The van der Waals surface area contributed by atoms with E-state index >= 15 is 0 Å². The van der Waals surface area contributed by atoms with E-state index in [-0.39, 0.29) is 0 Å². The maximum Gasteiger partial charge on any atom is 0.407 e. The van der Waals surface area contributed by atoms with Crippen molar-refractivity contribution in [2.45, 2.75) is 26.8 Å². The highest BCUT2D eigenvalue weighted by Crippen LogP contribution is 2.21. The predicted octanol–water partition coefficient (Wildman–Crippen LogP) is 3.29. The van der Waals surface area contributed by atoms with Gasteiger partial charge in [-0.2, -0.15) is 0 Å². The lowest BCUT2D eigenvalue weighted by molar-refractivity contribution is 0.151. The molecule has 2 rings (SSSR count). The van der Waals surface area contributed by atoms with E-state index in [2.05, 4.69) is 22.4 Å². The van der Waals surface area contributed by atoms with Crippen molar-refractivity contribution in [3.8, 4) is 0 Å². The summed E-state index contributed by atoms with van der Waals surface area (Å²) in [6.45, 7) is 4.58. The lowest BCUT2D eigenvalue weighted by atomic mass is 10.1. The lowest BCUT2D eigenvalue weighted by Crippen LogP contribution is -2.23. The van der Waals surface area contributed by atoms with E-state index in [1.807, 2.05) is 25.1 Å². The van der Waals surface area contributed by atoms with Crippen LogP contribution in [0.2, 0.25) is 0 Å². The number of hydrogen-bond acceptors (Lipinski definition) is 4. The van der Waals surface area contributed by atoms with Crippen molar-refractivity contribution >= 4 is 17.4 Å². The van der Waals surface area contributed by atoms with Crippen LogP contribution in [0.25, 0.3) is 0 Å². The van der Waals surface area contributed by atoms with Crippen LogP contribution in [0.3, 0.4) is 0 Å². The van der Waals surface area contributed by atoms with Crippen molar-refractivity contribution in [2.75, 3.05) is 6.61 Å². The summed E-state index contributed by atoms with van der Waals surface area (Å²) in [6, 6.07) is 10.3. The average molecular weight is 290 g/mol. The number of rotatable bonds is 5. The molecule has 0 saturated heterocycles.